The SMILES string of the molecule is Cn1c(-c2ccc(NC(=O)CCc3ccco3)cc2)nc2ccccc21. The molecule has 0 aliphatic carbocycles. The lowest BCUT2D eigenvalue weighted by atomic mass is 10.2. The Hall–Kier alpha value is -3.34. The van der Waals surface area contributed by atoms with Gasteiger partial charge in [-0.3, -0.25) is 4.79 Å². The van der Waals surface area contributed by atoms with Gasteiger partial charge in [0.15, 0.2) is 0 Å². The number of rotatable bonds is 5. The van der Waals surface area contributed by atoms with E-state index in [0.29, 0.717) is 12.8 Å². The van der Waals surface area contributed by atoms with Gasteiger partial charge >= 0.3 is 0 Å². The van der Waals surface area contributed by atoms with Crippen molar-refractivity contribution in [1.29, 1.82) is 0 Å². The highest BCUT2D eigenvalue weighted by atomic mass is 16.3. The first kappa shape index (κ1) is 16.1. The molecular formula is C21H19N3O2. The summed E-state index contributed by atoms with van der Waals surface area (Å²) in [5.74, 6) is 1.69. The van der Waals surface area contributed by atoms with Crippen molar-refractivity contribution in [2.75, 3.05) is 5.32 Å². The Morgan fingerprint density at radius 3 is 2.62 bits per heavy atom. The van der Waals surface area contributed by atoms with Crippen LogP contribution in [0.1, 0.15) is 12.2 Å². The summed E-state index contributed by atoms with van der Waals surface area (Å²) < 4.78 is 7.32. The Morgan fingerprint density at radius 1 is 1.08 bits per heavy atom. The zero-order valence-corrected chi connectivity index (χ0v) is 14.5. The van der Waals surface area contributed by atoms with Gasteiger partial charge in [0.05, 0.1) is 17.3 Å². The minimum atomic E-state index is -0.0307. The van der Waals surface area contributed by atoms with Crippen molar-refractivity contribution in [2.24, 2.45) is 7.05 Å². The number of nitrogens with one attached hydrogen (secondary N) is 1. The van der Waals surface area contributed by atoms with E-state index in [-0.39, 0.29) is 5.91 Å². The third kappa shape index (κ3) is 3.24. The molecular weight excluding hydrogens is 326 g/mol. The van der Waals surface area contributed by atoms with E-state index in [9.17, 15) is 4.79 Å². The molecule has 2 aromatic carbocycles. The van der Waals surface area contributed by atoms with Gasteiger partial charge in [0.25, 0.3) is 0 Å². The summed E-state index contributed by atoms with van der Waals surface area (Å²) >= 11 is 0. The van der Waals surface area contributed by atoms with Gasteiger partial charge in [-0.2, -0.15) is 0 Å². The minimum absolute atomic E-state index is 0.0307. The highest BCUT2D eigenvalue weighted by Gasteiger charge is 2.10. The fourth-order valence-corrected chi connectivity index (χ4v) is 3.02. The number of aromatic nitrogens is 2. The number of imidazole rings is 1. The summed E-state index contributed by atoms with van der Waals surface area (Å²) in [7, 11) is 2.01. The van der Waals surface area contributed by atoms with Crippen molar-refractivity contribution in [1.82, 2.24) is 9.55 Å². The molecule has 0 saturated heterocycles. The van der Waals surface area contributed by atoms with Crippen molar-refractivity contribution in [3.8, 4) is 11.4 Å². The first-order valence-corrected chi connectivity index (χ1v) is 8.55. The van der Waals surface area contributed by atoms with E-state index in [1.807, 2.05) is 61.6 Å². The highest BCUT2D eigenvalue weighted by Crippen LogP contribution is 2.24. The van der Waals surface area contributed by atoms with Crippen molar-refractivity contribution < 1.29 is 9.21 Å². The standard InChI is InChI=1S/C21H19N3O2/c1-24-19-7-3-2-6-18(19)23-21(24)15-8-10-16(11-9-15)22-20(25)13-12-17-5-4-14-26-17/h2-11,14H,12-13H2,1H3,(H,22,25). The van der Waals surface area contributed by atoms with Crippen LogP contribution in [-0.2, 0) is 18.3 Å². The zero-order chi connectivity index (χ0) is 17.9. The molecule has 0 fully saturated rings. The molecule has 5 nitrogen and oxygen atoms in total. The minimum Gasteiger partial charge on any atom is -0.469 e. The first-order chi connectivity index (χ1) is 12.7. The van der Waals surface area contributed by atoms with Crippen LogP contribution in [-0.4, -0.2) is 15.5 Å². The van der Waals surface area contributed by atoms with E-state index in [2.05, 4.69) is 16.0 Å². The largest absolute Gasteiger partial charge is 0.469 e. The second-order valence-corrected chi connectivity index (χ2v) is 6.19. The molecule has 1 N–H and O–H groups in total. The molecule has 2 heterocycles. The van der Waals surface area contributed by atoms with E-state index < -0.39 is 0 Å². The molecule has 0 bridgehead atoms. The quantitative estimate of drug-likeness (QED) is 0.583. The summed E-state index contributed by atoms with van der Waals surface area (Å²) in [4.78, 5) is 16.8. The number of furan rings is 1. The van der Waals surface area contributed by atoms with Gasteiger partial charge in [-0.05, 0) is 48.5 Å². The molecule has 0 saturated carbocycles. The van der Waals surface area contributed by atoms with Crippen LogP contribution in [0.3, 0.4) is 0 Å². The number of amides is 1. The number of hydrogen-bond acceptors (Lipinski definition) is 3. The molecule has 4 aromatic rings. The van der Waals surface area contributed by atoms with Crippen LogP contribution in [0, 0.1) is 0 Å². The number of anilines is 1. The number of para-hydroxylation sites is 2. The Kier molecular flexibility index (Phi) is 4.27. The Morgan fingerprint density at radius 2 is 1.88 bits per heavy atom. The van der Waals surface area contributed by atoms with Crippen LogP contribution in [0.15, 0.2) is 71.3 Å². The van der Waals surface area contributed by atoms with Gasteiger partial charge in [-0.1, -0.05) is 12.1 Å². The Bertz CT molecular complexity index is 1030. The van der Waals surface area contributed by atoms with Crippen LogP contribution in [0.2, 0.25) is 0 Å². The van der Waals surface area contributed by atoms with Gasteiger partial charge in [0, 0.05) is 31.1 Å². The van der Waals surface area contributed by atoms with Crippen LogP contribution in [0.4, 0.5) is 5.69 Å². The fraction of sp³-hybridized carbons (Fsp3) is 0.143. The van der Waals surface area contributed by atoms with E-state index >= 15 is 0 Å². The van der Waals surface area contributed by atoms with E-state index in [1.54, 1.807) is 6.26 Å². The monoisotopic (exact) mass is 345 g/mol. The molecule has 1 amide bonds. The summed E-state index contributed by atoms with van der Waals surface area (Å²) in [6, 6.07) is 19.5. The number of benzene rings is 2. The second-order valence-electron chi connectivity index (χ2n) is 6.19. The van der Waals surface area contributed by atoms with Gasteiger partial charge < -0.3 is 14.3 Å². The molecule has 0 radical (unpaired) electrons. The number of nitrogens with zero attached hydrogens (tertiary/aromatic N) is 2. The predicted octanol–water partition coefficient (Wildman–Crippen LogP) is 4.40. The summed E-state index contributed by atoms with van der Waals surface area (Å²) in [5.41, 5.74) is 3.85. The highest BCUT2D eigenvalue weighted by molar-refractivity contribution is 5.91. The Balaban J connectivity index is 1.46. The number of carbonyl (C=O) groups is 1. The van der Waals surface area contributed by atoms with Gasteiger partial charge in [0.1, 0.15) is 11.6 Å². The lowest BCUT2D eigenvalue weighted by Gasteiger charge is -2.07. The average molecular weight is 345 g/mol. The van der Waals surface area contributed by atoms with E-state index in [0.717, 1.165) is 33.9 Å². The van der Waals surface area contributed by atoms with Gasteiger partial charge in [0.2, 0.25) is 5.91 Å². The molecule has 5 heteroatoms. The molecule has 0 unspecified atom stereocenters. The number of hydrogen-bond donors (Lipinski definition) is 1. The normalized spacial score (nSPS) is 11.0. The maximum absolute atomic E-state index is 12.1. The molecule has 0 spiro atoms. The third-order valence-corrected chi connectivity index (χ3v) is 4.39. The molecule has 4 rings (SSSR count). The molecule has 0 aliphatic heterocycles. The van der Waals surface area contributed by atoms with E-state index in [1.165, 1.54) is 0 Å². The van der Waals surface area contributed by atoms with Gasteiger partial charge in [-0.25, -0.2) is 4.98 Å². The maximum atomic E-state index is 12.1. The Labute approximate surface area is 151 Å². The number of carbonyl (C=O) groups excluding carboxylic acids is 1. The fourth-order valence-electron chi connectivity index (χ4n) is 3.02. The summed E-state index contributed by atoms with van der Waals surface area (Å²) in [6.45, 7) is 0. The van der Waals surface area contributed by atoms with Crippen LogP contribution in [0.25, 0.3) is 22.4 Å². The van der Waals surface area contributed by atoms with Crippen LogP contribution < -0.4 is 5.32 Å². The average Bonchev–Trinajstić information content (AvgIpc) is 3.29. The predicted molar refractivity (Wildman–Crippen MR) is 102 cm³/mol. The molecule has 2 aromatic heterocycles. The van der Waals surface area contributed by atoms with Crippen molar-refractivity contribution in [3.05, 3.63) is 72.7 Å². The van der Waals surface area contributed by atoms with Crippen LogP contribution in [0.5, 0.6) is 0 Å². The molecule has 0 atom stereocenters. The van der Waals surface area contributed by atoms with Crippen molar-refractivity contribution in [3.63, 3.8) is 0 Å². The molecule has 0 aliphatic rings. The summed E-state index contributed by atoms with van der Waals surface area (Å²) in [5, 5.41) is 2.92. The molecule has 26 heavy (non-hydrogen) atoms. The van der Waals surface area contributed by atoms with Gasteiger partial charge in [-0.15, -0.1) is 0 Å². The zero-order valence-electron chi connectivity index (χ0n) is 14.5. The topological polar surface area (TPSA) is 60.1 Å². The van der Waals surface area contributed by atoms with Crippen molar-refractivity contribution in [2.45, 2.75) is 12.8 Å². The first-order valence-electron chi connectivity index (χ1n) is 8.55. The lowest BCUT2D eigenvalue weighted by Crippen LogP contribution is -2.12. The van der Waals surface area contributed by atoms with E-state index in [4.69, 9.17) is 9.40 Å². The van der Waals surface area contributed by atoms with Crippen molar-refractivity contribution >= 4 is 22.6 Å². The molecule has 130 valence electrons. The smallest absolute Gasteiger partial charge is 0.224 e. The summed E-state index contributed by atoms with van der Waals surface area (Å²) in [6.07, 6.45) is 2.60. The number of aryl methyl sites for hydroxylation is 2. The lowest BCUT2D eigenvalue weighted by molar-refractivity contribution is -0.116. The second kappa shape index (κ2) is 6.88. The maximum Gasteiger partial charge on any atom is 0.224 e. The number of fused-ring (bicyclic) bond motifs is 1. The third-order valence-electron chi connectivity index (χ3n) is 4.39. The van der Waals surface area contributed by atoms with Crippen LogP contribution >= 0.6 is 0 Å².